The van der Waals surface area contributed by atoms with Crippen molar-refractivity contribution in [1.29, 1.82) is 0 Å². The minimum atomic E-state index is -0.827. The van der Waals surface area contributed by atoms with Gasteiger partial charge in [-0.25, -0.2) is 8.78 Å². The van der Waals surface area contributed by atoms with Crippen LogP contribution in [0.25, 0.3) is 5.03 Å². The molecule has 1 N–H and O–H groups in total. The predicted molar refractivity (Wildman–Crippen MR) is 93.6 cm³/mol. The molecule has 2 heterocycles. The van der Waals surface area contributed by atoms with Crippen molar-refractivity contribution in [1.82, 2.24) is 15.3 Å². The number of rotatable bonds is 7. The largest absolute Gasteiger partial charge is 0.486 e. The monoisotopic (exact) mass is 379 g/mol. The van der Waals surface area contributed by atoms with Gasteiger partial charge in [-0.1, -0.05) is 11.6 Å². The second-order valence-corrected chi connectivity index (χ2v) is 5.71. The van der Waals surface area contributed by atoms with Crippen LogP contribution in [0.2, 0.25) is 0 Å². The molecule has 0 aliphatic rings. The average Bonchev–Trinajstić information content (AvgIpc) is 2.60. The van der Waals surface area contributed by atoms with E-state index in [1.165, 1.54) is 6.08 Å². The van der Waals surface area contributed by atoms with Gasteiger partial charge in [0, 0.05) is 35.8 Å². The van der Waals surface area contributed by atoms with Crippen LogP contribution in [0.1, 0.15) is 23.7 Å². The molecule has 0 bridgehead atoms. The standard InChI is InChI=1S/C18H16ClF2N3O2/c1-11-7-22-4-3-14(11)18(19)17(5-12(2)24-10-25)26-9-16-15(21)6-13(20)8-23-16/h3-8,10H,9H2,1-2H3,(H,24,25)/b12-5-,18-17-. The predicted octanol–water partition coefficient (Wildman–Crippen LogP) is 3.84. The summed E-state index contributed by atoms with van der Waals surface area (Å²) in [7, 11) is 0. The van der Waals surface area contributed by atoms with E-state index >= 15 is 0 Å². The Morgan fingerprint density at radius 1 is 1.38 bits per heavy atom. The number of hydrogen-bond acceptors (Lipinski definition) is 4. The van der Waals surface area contributed by atoms with Crippen molar-refractivity contribution in [2.45, 2.75) is 20.5 Å². The van der Waals surface area contributed by atoms with E-state index in [1.54, 1.807) is 25.4 Å². The summed E-state index contributed by atoms with van der Waals surface area (Å²) in [5.41, 5.74) is 1.86. The number of hydrogen-bond donors (Lipinski definition) is 1. The number of carbonyl (C=O) groups excluding carboxylic acids is 1. The van der Waals surface area contributed by atoms with Crippen molar-refractivity contribution >= 4 is 23.0 Å². The SMILES string of the molecule is C/C(=C/C(OCc1ncc(F)cc1F)=C(/Cl)c1ccncc1C)NC=O. The number of amides is 1. The molecule has 2 aromatic rings. The highest BCUT2D eigenvalue weighted by atomic mass is 35.5. The number of allylic oxidation sites excluding steroid dienone is 2. The summed E-state index contributed by atoms with van der Waals surface area (Å²) in [6.07, 6.45) is 6.11. The zero-order valence-electron chi connectivity index (χ0n) is 14.1. The van der Waals surface area contributed by atoms with Gasteiger partial charge in [-0.2, -0.15) is 0 Å². The van der Waals surface area contributed by atoms with Gasteiger partial charge in [-0.3, -0.25) is 14.8 Å². The molecule has 0 saturated carbocycles. The molecule has 2 aromatic heterocycles. The molecule has 8 heteroatoms. The molecule has 2 rings (SSSR count). The summed E-state index contributed by atoms with van der Waals surface area (Å²) in [5.74, 6) is -1.41. The summed E-state index contributed by atoms with van der Waals surface area (Å²) in [4.78, 5) is 18.3. The Balaban J connectivity index is 2.38. The van der Waals surface area contributed by atoms with Crippen LogP contribution in [-0.2, 0) is 16.1 Å². The van der Waals surface area contributed by atoms with Gasteiger partial charge in [0.05, 0.1) is 11.2 Å². The van der Waals surface area contributed by atoms with E-state index in [9.17, 15) is 13.6 Å². The van der Waals surface area contributed by atoms with Gasteiger partial charge in [0.25, 0.3) is 0 Å². The lowest BCUT2D eigenvalue weighted by Gasteiger charge is -2.13. The number of aromatic nitrogens is 2. The Morgan fingerprint density at radius 3 is 2.81 bits per heavy atom. The van der Waals surface area contributed by atoms with Gasteiger partial charge in [0.1, 0.15) is 23.9 Å². The Kier molecular flexibility index (Phi) is 6.80. The van der Waals surface area contributed by atoms with Gasteiger partial charge in [-0.05, 0) is 25.5 Å². The molecule has 0 atom stereocenters. The highest BCUT2D eigenvalue weighted by Crippen LogP contribution is 2.28. The minimum Gasteiger partial charge on any atom is -0.486 e. The first kappa shape index (κ1) is 19.5. The third-order valence-electron chi connectivity index (χ3n) is 3.36. The van der Waals surface area contributed by atoms with E-state index in [0.717, 1.165) is 17.8 Å². The molecular weight excluding hydrogens is 364 g/mol. The third kappa shape index (κ3) is 5.10. The number of ether oxygens (including phenoxy) is 1. The Labute approximate surface area is 154 Å². The van der Waals surface area contributed by atoms with Crippen molar-refractivity contribution in [3.63, 3.8) is 0 Å². The first-order valence-corrected chi connectivity index (χ1v) is 7.92. The number of pyridine rings is 2. The summed E-state index contributed by atoms with van der Waals surface area (Å²) in [5, 5.41) is 2.72. The Morgan fingerprint density at radius 2 is 2.15 bits per heavy atom. The number of carbonyl (C=O) groups is 1. The maximum absolute atomic E-state index is 13.8. The van der Waals surface area contributed by atoms with Gasteiger partial charge >= 0.3 is 0 Å². The van der Waals surface area contributed by atoms with E-state index in [2.05, 4.69) is 15.3 Å². The zero-order valence-corrected chi connectivity index (χ0v) is 14.8. The molecule has 26 heavy (non-hydrogen) atoms. The minimum absolute atomic E-state index is 0.0748. The van der Waals surface area contributed by atoms with E-state index in [-0.39, 0.29) is 23.1 Å². The molecule has 0 unspecified atom stereocenters. The van der Waals surface area contributed by atoms with Crippen molar-refractivity contribution < 1.29 is 18.3 Å². The van der Waals surface area contributed by atoms with Crippen molar-refractivity contribution in [2.24, 2.45) is 0 Å². The second kappa shape index (κ2) is 9.05. The Hall–Kier alpha value is -2.80. The third-order valence-corrected chi connectivity index (χ3v) is 3.75. The summed E-state index contributed by atoms with van der Waals surface area (Å²) in [6, 6.07) is 2.42. The fourth-order valence-electron chi connectivity index (χ4n) is 2.05. The molecule has 0 saturated heterocycles. The lowest BCUT2D eigenvalue weighted by Crippen LogP contribution is -2.08. The van der Waals surface area contributed by atoms with E-state index in [1.807, 2.05) is 6.92 Å². The van der Waals surface area contributed by atoms with Crippen molar-refractivity contribution in [2.75, 3.05) is 0 Å². The normalized spacial score (nSPS) is 12.4. The highest BCUT2D eigenvalue weighted by Gasteiger charge is 2.13. The summed E-state index contributed by atoms with van der Waals surface area (Å²) < 4.78 is 32.3. The Bertz CT molecular complexity index is 869. The summed E-state index contributed by atoms with van der Waals surface area (Å²) in [6.45, 7) is 3.19. The molecule has 0 spiro atoms. The molecule has 136 valence electrons. The number of halogens is 3. The van der Waals surface area contributed by atoms with E-state index in [0.29, 0.717) is 17.7 Å². The van der Waals surface area contributed by atoms with Crippen LogP contribution >= 0.6 is 11.6 Å². The fraction of sp³-hybridized carbons (Fsp3) is 0.167. The van der Waals surface area contributed by atoms with Crippen LogP contribution in [0.3, 0.4) is 0 Å². The maximum atomic E-state index is 13.8. The van der Waals surface area contributed by atoms with Gasteiger partial charge < -0.3 is 10.1 Å². The van der Waals surface area contributed by atoms with Crippen molar-refractivity contribution in [3.8, 4) is 0 Å². The highest BCUT2D eigenvalue weighted by molar-refractivity contribution is 6.49. The average molecular weight is 380 g/mol. The van der Waals surface area contributed by atoms with Crippen LogP contribution < -0.4 is 5.32 Å². The van der Waals surface area contributed by atoms with Gasteiger partial charge in [0.2, 0.25) is 6.41 Å². The zero-order chi connectivity index (χ0) is 19.1. The van der Waals surface area contributed by atoms with Crippen LogP contribution in [0.15, 0.2) is 48.3 Å². The fourth-order valence-corrected chi connectivity index (χ4v) is 2.37. The number of nitrogens with one attached hydrogen (secondary N) is 1. The lowest BCUT2D eigenvalue weighted by atomic mass is 10.1. The van der Waals surface area contributed by atoms with Crippen LogP contribution in [0.4, 0.5) is 8.78 Å². The first-order valence-electron chi connectivity index (χ1n) is 7.54. The first-order chi connectivity index (χ1) is 12.4. The second-order valence-electron chi connectivity index (χ2n) is 5.33. The van der Waals surface area contributed by atoms with Crippen LogP contribution in [0.5, 0.6) is 0 Å². The maximum Gasteiger partial charge on any atom is 0.211 e. The molecule has 0 aliphatic heterocycles. The van der Waals surface area contributed by atoms with E-state index < -0.39 is 11.6 Å². The van der Waals surface area contributed by atoms with Gasteiger partial charge in [0.15, 0.2) is 5.82 Å². The molecular formula is C18H16ClF2N3O2. The molecule has 1 amide bonds. The smallest absolute Gasteiger partial charge is 0.211 e. The molecule has 0 aliphatic carbocycles. The molecule has 5 nitrogen and oxygen atoms in total. The molecule has 0 fully saturated rings. The van der Waals surface area contributed by atoms with Crippen LogP contribution in [0, 0.1) is 18.6 Å². The molecule has 0 radical (unpaired) electrons. The quantitative estimate of drug-likeness (QED) is 0.451. The number of aryl methyl sites for hydroxylation is 1. The van der Waals surface area contributed by atoms with Gasteiger partial charge in [-0.15, -0.1) is 0 Å². The topological polar surface area (TPSA) is 64.1 Å². The summed E-state index contributed by atoms with van der Waals surface area (Å²) >= 11 is 6.45. The number of nitrogens with zero attached hydrogens (tertiary/aromatic N) is 2. The van der Waals surface area contributed by atoms with Crippen molar-refractivity contribution in [3.05, 3.63) is 76.7 Å². The molecule has 0 aromatic carbocycles. The van der Waals surface area contributed by atoms with Crippen LogP contribution in [-0.4, -0.2) is 16.4 Å². The lowest BCUT2D eigenvalue weighted by molar-refractivity contribution is -0.108. The van der Waals surface area contributed by atoms with E-state index in [4.69, 9.17) is 16.3 Å².